The van der Waals surface area contributed by atoms with Crippen LogP contribution in [-0.2, 0) is 20.9 Å². The first-order chi connectivity index (χ1) is 12.4. The summed E-state index contributed by atoms with van der Waals surface area (Å²) in [5.74, 6) is 0.919. The molecule has 1 aromatic carbocycles. The Morgan fingerprint density at radius 1 is 1.04 bits per heavy atom. The van der Waals surface area contributed by atoms with Crippen molar-refractivity contribution in [1.29, 1.82) is 0 Å². The number of methoxy groups -OCH3 is 3. The lowest BCUT2D eigenvalue weighted by Gasteiger charge is -2.21. The number of imide groups is 1. The Bertz CT molecular complexity index is 662. The Morgan fingerprint density at radius 3 is 2.04 bits per heavy atom. The molecule has 0 spiro atoms. The molecule has 8 heteroatoms. The van der Waals surface area contributed by atoms with Gasteiger partial charge in [-0.3, -0.25) is 19.3 Å². The number of rotatable bonds is 8. The number of carbonyl (C=O) groups excluding carboxylic acids is 3. The number of nitrogens with zero attached hydrogens (tertiary/aromatic N) is 2. The van der Waals surface area contributed by atoms with Gasteiger partial charge in [0, 0.05) is 39.4 Å². The fourth-order valence-electron chi connectivity index (χ4n) is 2.86. The van der Waals surface area contributed by atoms with Crippen LogP contribution in [0.2, 0.25) is 0 Å². The zero-order valence-electron chi connectivity index (χ0n) is 15.5. The number of hydrogen-bond donors (Lipinski definition) is 0. The van der Waals surface area contributed by atoms with Gasteiger partial charge in [-0.05, 0) is 17.7 Å². The first kappa shape index (κ1) is 19.6. The van der Waals surface area contributed by atoms with Crippen LogP contribution in [0.3, 0.4) is 0 Å². The predicted octanol–water partition coefficient (Wildman–Crippen LogP) is 1.21. The summed E-state index contributed by atoms with van der Waals surface area (Å²) in [6.07, 6.45) is 0.557. The van der Waals surface area contributed by atoms with Crippen LogP contribution < -0.4 is 14.2 Å². The van der Waals surface area contributed by atoms with Gasteiger partial charge in [-0.25, -0.2) is 0 Å². The quantitative estimate of drug-likeness (QED) is 0.645. The highest BCUT2D eigenvalue weighted by atomic mass is 16.5. The minimum absolute atomic E-state index is 0.0956. The maximum Gasteiger partial charge on any atom is 0.229 e. The van der Waals surface area contributed by atoms with Crippen molar-refractivity contribution in [1.82, 2.24) is 9.80 Å². The summed E-state index contributed by atoms with van der Waals surface area (Å²) < 4.78 is 15.9. The van der Waals surface area contributed by atoms with Gasteiger partial charge >= 0.3 is 0 Å². The van der Waals surface area contributed by atoms with Gasteiger partial charge in [0.1, 0.15) is 0 Å². The van der Waals surface area contributed by atoms with Crippen LogP contribution in [0, 0.1) is 0 Å². The van der Waals surface area contributed by atoms with E-state index in [1.807, 2.05) is 0 Å². The molecule has 0 N–H and O–H groups in total. The Kier molecular flexibility index (Phi) is 6.43. The van der Waals surface area contributed by atoms with Crippen molar-refractivity contribution < 1.29 is 28.6 Å². The van der Waals surface area contributed by atoms with Gasteiger partial charge in [0.05, 0.1) is 21.3 Å². The second kappa shape index (κ2) is 8.55. The molecule has 0 saturated carbocycles. The molecule has 1 heterocycles. The van der Waals surface area contributed by atoms with E-state index in [0.717, 1.165) is 10.5 Å². The van der Waals surface area contributed by atoms with Crippen LogP contribution in [-0.4, -0.2) is 62.4 Å². The standard InChI is InChI=1S/C18H24N2O6/c1-19(15(21)7-8-20-16(22)5-6-17(20)23)11-12-9-13(24-2)18(26-4)14(10-12)25-3/h9-10H,5-8,11H2,1-4H3. The van der Waals surface area contributed by atoms with Crippen LogP contribution in [0.4, 0.5) is 0 Å². The van der Waals surface area contributed by atoms with Crippen LogP contribution in [0.25, 0.3) is 0 Å². The lowest BCUT2D eigenvalue weighted by Crippen LogP contribution is -2.34. The minimum atomic E-state index is -0.213. The Morgan fingerprint density at radius 2 is 1.58 bits per heavy atom. The number of carbonyl (C=O) groups is 3. The van der Waals surface area contributed by atoms with Crippen molar-refractivity contribution in [2.45, 2.75) is 25.8 Å². The summed E-state index contributed by atoms with van der Waals surface area (Å²) in [5.41, 5.74) is 0.809. The van der Waals surface area contributed by atoms with E-state index in [-0.39, 0.29) is 43.5 Å². The largest absolute Gasteiger partial charge is 0.493 e. The van der Waals surface area contributed by atoms with E-state index in [1.54, 1.807) is 19.2 Å². The van der Waals surface area contributed by atoms with Crippen molar-refractivity contribution >= 4 is 17.7 Å². The van der Waals surface area contributed by atoms with Gasteiger partial charge in [-0.15, -0.1) is 0 Å². The molecule has 1 aromatic rings. The van der Waals surface area contributed by atoms with Gasteiger partial charge in [-0.2, -0.15) is 0 Å². The van der Waals surface area contributed by atoms with Crippen LogP contribution in [0.5, 0.6) is 17.2 Å². The third-order valence-electron chi connectivity index (χ3n) is 4.27. The second-order valence-electron chi connectivity index (χ2n) is 5.97. The van der Waals surface area contributed by atoms with E-state index in [4.69, 9.17) is 14.2 Å². The molecule has 0 bridgehead atoms. The third-order valence-corrected chi connectivity index (χ3v) is 4.27. The zero-order chi connectivity index (χ0) is 19.3. The molecule has 142 valence electrons. The molecule has 26 heavy (non-hydrogen) atoms. The van der Waals surface area contributed by atoms with Crippen molar-refractivity contribution in [2.24, 2.45) is 0 Å². The van der Waals surface area contributed by atoms with Gasteiger partial charge in [0.2, 0.25) is 23.5 Å². The number of amides is 3. The molecule has 0 atom stereocenters. The molecule has 0 aromatic heterocycles. The summed E-state index contributed by atoms with van der Waals surface area (Å²) in [7, 11) is 6.25. The monoisotopic (exact) mass is 364 g/mol. The Balaban J connectivity index is 2.02. The second-order valence-corrected chi connectivity index (χ2v) is 5.97. The lowest BCUT2D eigenvalue weighted by molar-refractivity contribution is -0.139. The molecule has 8 nitrogen and oxygen atoms in total. The van der Waals surface area contributed by atoms with E-state index in [0.29, 0.717) is 23.8 Å². The van der Waals surface area contributed by atoms with Crippen molar-refractivity contribution in [3.63, 3.8) is 0 Å². The van der Waals surface area contributed by atoms with Crippen LogP contribution in [0.15, 0.2) is 12.1 Å². The minimum Gasteiger partial charge on any atom is -0.493 e. The van der Waals surface area contributed by atoms with Crippen molar-refractivity contribution in [2.75, 3.05) is 34.9 Å². The molecular weight excluding hydrogens is 340 g/mol. The topological polar surface area (TPSA) is 85.4 Å². The Labute approximate surface area is 152 Å². The number of hydrogen-bond acceptors (Lipinski definition) is 6. The highest BCUT2D eigenvalue weighted by Gasteiger charge is 2.29. The van der Waals surface area contributed by atoms with Gasteiger partial charge in [0.25, 0.3) is 0 Å². The van der Waals surface area contributed by atoms with Crippen LogP contribution >= 0.6 is 0 Å². The average Bonchev–Trinajstić information content (AvgIpc) is 2.96. The SMILES string of the molecule is COc1cc(CN(C)C(=O)CCN2C(=O)CCC2=O)cc(OC)c1OC. The van der Waals surface area contributed by atoms with Crippen molar-refractivity contribution in [3.05, 3.63) is 17.7 Å². The number of likely N-dealkylation sites (tertiary alicyclic amines) is 1. The smallest absolute Gasteiger partial charge is 0.229 e. The normalized spacial score (nSPS) is 13.8. The van der Waals surface area contributed by atoms with Gasteiger partial charge in [0.15, 0.2) is 11.5 Å². The van der Waals surface area contributed by atoms with Gasteiger partial charge < -0.3 is 19.1 Å². The summed E-state index contributed by atoms with van der Waals surface area (Å²) in [5, 5.41) is 0. The molecule has 1 aliphatic heterocycles. The summed E-state index contributed by atoms with van der Waals surface area (Å²) >= 11 is 0. The van der Waals surface area contributed by atoms with E-state index in [2.05, 4.69) is 0 Å². The van der Waals surface area contributed by atoms with Crippen molar-refractivity contribution in [3.8, 4) is 17.2 Å². The molecule has 1 fully saturated rings. The molecule has 1 aliphatic rings. The van der Waals surface area contributed by atoms with Gasteiger partial charge in [-0.1, -0.05) is 0 Å². The van der Waals surface area contributed by atoms with E-state index >= 15 is 0 Å². The number of benzene rings is 1. The zero-order valence-corrected chi connectivity index (χ0v) is 15.5. The molecule has 2 rings (SSSR count). The summed E-state index contributed by atoms with van der Waals surface area (Å²) in [6, 6.07) is 3.55. The van der Waals surface area contributed by atoms with E-state index in [9.17, 15) is 14.4 Å². The molecule has 1 saturated heterocycles. The molecular formula is C18H24N2O6. The predicted molar refractivity (Wildman–Crippen MR) is 93.1 cm³/mol. The highest BCUT2D eigenvalue weighted by molar-refractivity contribution is 6.02. The maximum absolute atomic E-state index is 12.3. The number of ether oxygens (including phenoxy) is 3. The summed E-state index contributed by atoms with van der Waals surface area (Å²) in [4.78, 5) is 38.2. The van der Waals surface area contributed by atoms with E-state index < -0.39 is 0 Å². The average molecular weight is 364 g/mol. The molecule has 0 radical (unpaired) electrons. The van der Waals surface area contributed by atoms with E-state index in [1.165, 1.54) is 26.2 Å². The fraction of sp³-hybridized carbons (Fsp3) is 0.500. The molecule has 0 aliphatic carbocycles. The first-order valence-corrected chi connectivity index (χ1v) is 8.27. The summed E-state index contributed by atoms with van der Waals surface area (Å²) in [6.45, 7) is 0.452. The highest BCUT2D eigenvalue weighted by Crippen LogP contribution is 2.38. The third kappa shape index (κ3) is 4.25. The lowest BCUT2D eigenvalue weighted by atomic mass is 10.1. The molecule has 0 unspecified atom stereocenters. The maximum atomic E-state index is 12.3. The molecule has 3 amide bonds. The van der Waals surface area contributed by atoms with Crippen LogP contribution in [0.1, 0.15) is 24.8 Å². The Hall–Kier alpha value is -2.77. The fourth-order valence-corrected chi connectivity index (χ4v) is 2.86. The first-order valence-electron chi connectivity index (χ1n) is 8.27.